The van der Waals surface area contributed by atoms with E-state index in [4.69, 9.17) is 17.1 Å². The molecule has 0 aromatic rings. The molecule has 2 aliphatic rings. The number of halogens is 6. The highest BCUT2D eigenvalue weighted by molar-refractivity contribution is 6.74. The van der Waals surface area contributed by atoms with E-state index in [2.05, 4.69) is 40.8 Å². The molecule has 5 atom stereocenters. The third-order valence-corrected chi connectivity index (χ3v) is 15.5. The Morgan fingerprint density at radius 2 is 1.56 bits per heavy atom. The van der Waals surface area contributed by atoms with Crippen LogP contribution in [0.4, 0.5) is 26.3 Å². The Balaban J connectivity index is 2.57. The summed E-state index contributed by atoms with van der Waals surface area (Å²) in [5.41, 5.74) is -8.13. The van der Waals surface area contributed by atoms with Gasteiger partial charge in [0.25, 0.3) is 0 Å². The summed E-state index contributed by atoms with van der Waals surface area (Å²) in [5.74, 6) is 2.37. The van der Waals surface area contributed by atoms with E-state index in [1.807, 2.05) is 5.92 Å². The lowest BCUT2D eigenvalue weighted by Gasteiger charge is -2.50. The van der Waals surface area contributed by atoms with Gasteiger partial charge < -0.3 is 14.0 Å². The van der Waals surface area contributed by atoms with Crippen LogP contribution in [0.25, 0.3) is 0 Å². The first-order valence-electron chi connectivity index (χ1n) is 18.3. The zero-order valence-corrected chi connectivity index (χ0v) is 29.2. The minimum absolute atomic E-state index is 0.0302. The van der Waals surface area contributed by atoms with Crippen LogP contribution >= 0.6 is 0 Å². The van der Waals surface area contributed by atoms with Crippen LogP contribution in [0.1, 0.15) is 107 Å². The van der Waals surface area contributed by atoms with Gasteiger partial charge in [0.15, 0.2) is 16.6 Å². The number of fused-ring (bicyclic) bond motifs is 1. The van der Waals surface area contributed by atoms with E-state index in [-0.39, 0.29) is 35.8 Å². The van der Waals surface area contributed by atoms with E-state index in [0.29, 0.717) is 6.42 Å². The lowest BCUT2D eigenvalue weighted by Crippen LogP contribution is -2.55. The second kappa shape index (κ2) is 12.9. The minimum atomic E-state index is -6.09. The van der Waals surface area contributed by atoms with Crippen LogP contribution in [0.5, 0.6) is 0 Å². The van der Waals surface area contributed by atoms with E-state index in [0.717, 1.165) is 31.6 Å². The molecule has 11 heteroatoms. The van der Waals surface area contributed by atoms with Gasteiger partial charge in [-0.15, -0.1) is 0 Å². The Labute approximate surface area is 266 Å². The van der Waals surface area contributed by atoms with Crippen molar-refractivity contribution in [2.75, 3.05) is 0 Å². The van der Waals surface area contributed by atoms with Crippen molar-refractivity contribution in [1.82, 2.24) is 0 Å². The molecule has 43 heavy (non-hydrogen) atoms. The first-order chi connectivity index (χ1) is 21.6. The summed E-state index contributed by atoms with van der Waals surface area (Å²) >= 11 is 0. The number of rotatable bonds is 10. The molecule has 2 rings (SSSR count). The van der Waals surface area contributed by atoms with Crippen LogP contribution in [0.3, 0.4) is 0 Å². The van der Waals surface area contributed by atoms with Crippen LogP contribution in [0, 0.1) is 35.0 Å². The fraction of sp³-hybridized carbons (Fsp3) is 0.938. The molecule has 0 bridgehead atoms. The predicted octanol–water partition coefficient (Wildman–Crippen LogP) is 10.3. The van der Waals surface area contributed by atoms with E-state index in [1.165, 1.54) is 0 Å². The summed E-state index contributed by atoms with van der Waals surface area (Å²) < 4.78 is 143. The minimum Gasteiger partial charge on any atom is -0.414 e. The second-order valence-corrected chi connectivity index (χ2v) is 24.7. The average molecular weight is 665 g/mol. The van der Waals surface area contributed by atoms with E-state index in [9.17, 15) is 31.4 Å². The molecule has 0 spiro atoms. The fourth-order valence-electron chi connectivity index (χ4n) is 6.88. The van der Waals surface area contributed by atoms with E-state index < -0.39 is 78.1 Å². The Kier molecular flexibility index (Phi) is 8.96. The molecular formula is C32H56F6O3Si2. The zero-order valence-electron chi connectivity index (χ0n) is 33.2. The van der Waals surface area contributed by atoms with Gasteiger partial charge in [-0.25, -0.2) is 0 Å². The highest BCUT2D eigenvalue weighted by atomic mass is 28.4. The van der Waals surface area contributed by atoms with Gasteiger partial charge in [0.2, 0.25) is 0 Å². The first-order valence-corrected chi connectivity index (χ1v) is 21.6. The SMILES string of the molecule is [2H]C([2H])([2H])C(CCC[C@@H](CC#CC(O)(C(F)(F)F)C(F)(F)F)[C@H]1CC[C@H]2[C@@H](O[Si](C)(C)C(C)(C)C)CCC[C@]12C)(O[Si](C)(C)C)C([2H])([2H])[2H]. The Morgan fingerprint density at radius 3 is 2.05 bits per heavy atom. The molecule has 0 aromatic heterocycles. The van der Waals surface area contributed by atoms with Crippen molar-refractivity contribution in [3.63, 3.8) is 0 Å². The monoisotopic (exact) mass is 664 g/mol. The fourth-order valence-corrected chi connectivity index (χ4v) is 9.42. The van der Waals surface area contributed by atoms with Crippen molar-refractivity contribution in [2.24, 2.45) is 23.2 Å². The van der Waals surface area contributed by atoms with Gasteiger partial charge in [-0.1, -0.05) is 46.5 Å². The van der Waals surface area contributed by atoms with Gasteiger partial charge in [-0.3, -0.25) is 0 Å². The zero-order chi connectivity index (χ0) is 38.5. The van der Waals surface area contributed by atoms with E-state index in [1.54, 1.807) is 19.6 Å². The molecule has 1 N–H and O–H groups in total. The molecule has 2 saturated carbocycles. The Morgan fingerprint density at radius 1 is 0.977 bits per heavy atom. The molecule has 2 fully saturated rings. The Hall–Kier alpha value is -0.546. The highest BCUT2D eigenvalue weighted by Crippen LogP contribution is 2.60. The van der Waals surface area contributed by atoms with Crippen molar-refractivity contribution >= 4 is 16.6 Å². The maximum absolute atomic E-state index is 13.5. The van der Waals surface area contributed by atoms with Crippen molar-refractivity contribution < 1.29 is 48.5 Å². The molecule has 0 heterocycles. The van der Waals surface area contributed by atoms with Crippen LogP contribution in [0.15, 0.2) is 0 Å². The van der Waals surface area contributed by atoms with E-state index >= 15 is 0 Å². The summed E-state index contributed by atoms with van der Waals surface area (Å²) in [6.07, 6.45) is -9.32. The second-order valence-electron chi connectivity index (χ2n) is 15.5. The quantitative estimate of drug-likeness (QED) is 0.144. The van der Waals surface area contributed by atoms with Crippen molar-refractivity contribution in [3.05, 3.63) is 0 Å². The number of hydrogen-bond acceptors (Lipinski definition) is 3. The van der Waals surface area contributed by atoms with Crippen molar-refractivity contribution in [3.8, 4) is 11.8 Å². The molecule has 0 aliphatic heterocycles. The summed E-state index contributed by atoms with van der Waals surface area (Å²) in [6.45, 7) is 11.7. The van der Waals surface area contributed by atoms with Crippen molar-refractivity contribution in [1.29, 1.82) is 0 Å². The Bertz CT molecular complexity index is 1170. The maximum Gasteiger partial charge on any atom is 0.438 e. The summed E-state index contributed by atoms with van der Waals surface area (Å²) in [5, 5.41) is 9.65. The topological polar surface area (TPSA) is 38.7 Å². The summed E-state index contributed by atoms with van der Waals surface area (Å²) in [7, 11) is -4.95. The van der Waals surface area contributed by atoms with Gasteiger partial charge in [-0.2, -0.15) is 26.3 Å². The number of hydrogen-bond donors (Lipinski definition) is 1. The molecule has 0 saturated heterocycles. The maximum atomic E-state index is 13.5. The van der Waals surface area contributed by atoms with Crippen LogP contribution < -0.4 is 0 Å². The highest BCUT2D eigenvalue weighted by Gasteiger charge is 2.70. The largest absolute Gasteiger partial charge is 0.438 e. The summed E-state index contributed by atoms with van der Waals surface area (Å²) in [6, 6.07) is 0. The van der Waals surface area contributed by atoms with Crippen LogP contribution in [0.2, 0.25) is 37.8 Å². The van der Waals surface area contributed by atoms with Crippen molar-refractivity contribution in [2.45, 2.75) is 167 Å². The predicted molar refractivity (Wildman–Crippen MR) is 166 cm³/mol. The van der Waals surface area contributed by atoms with Gasteiger partial charge in [0, 0.05) is 20.7 Å². The average Bonchev–Trinajstić information content (AvgIpc) is 3.20. The molecular weight excluding hydrogens is 603 g/mol. The molecule has 0 amide bonds. The first kappa shape index (κ1) is 29.8. The standard InChI is InChI=1S/C32H56F6O3Si2/c1-27(2,3)43(10,11)40-26-17-14-21-29(6)24(18-19-25(26)29)23(15-12-20-28(4,5)41-42(7,8)9)16-13-22-30(39,31(33,34)35)32(36,37)38/h23-26,39H,12,14-21H2,1-11H3/t23-,24+,25-,26-,29+/m0/s1/i4D3,5D3. The molecule has 0 unspecified atom stereocenters. The third-order valence-electron chi connectivity index (χ3n) is 10.00. The third kappa shape index (κ3) is 9.27. The normalized spacial score (nSPS) is 29.6. The molecule has 252 valence electrons. The lowest BCUT2D eigenvalue weighted by molar-refractivity contribution is -0.343. The lowest BCUT2D eigenvalue weighted by atomic mass is 9.60. The molecule has 3 nitrogen and oxygen atoms in total. The summed E-state index contributed by atoms with van der Waals surface area (Å²) in [4.78, 5) is 0. The molecule has 2 aliphatic carbocycles. The van der Waals surface area contributed by atoms with Crippen LogP contribution in [-0.4, -0.2) is 51.4 Å². The molecule has 0 radical (unpaired) electrons. The smallest absolute Gasteiger partial charge is 0.414 e. The number of aliphatic hydroxyl groups is 1. The van der Waals surface area contributed by atoms with Gasteiger partial charge in [0.1, 0.15) is 0 Å². The van der Waals surface area contributed by atoms with Gasteiger partial charge in [0.05, 0.1) is 5.60 Å². The van der Waals surface area contributed by atoms with Crippen LogP contribution in [-0.2, 0) is 8.85 Å². The number of alkyl halides is 6. The van der Waals surface area contributed by atoms with Gasteiger partial charge >= 0.3 is 18.0 Å². The van der Waals surface area contributed by atoms with Gasteiger partial charge in [-0.05, 0) is 119 Å². The molecule has 0 aromatic carbocycles.